The van der Waals surface area contributed by atoms with Gasteiger partial charge in [0.2, 0.25) is 5.91 Å². The highest BCUT2D eigenvalue weighted by molar-refractivity contribution is 5.79. The van der Waals surface area contributed by atoms with Gasteiger partial charge in [-0.15, -0.1) is 0 Å². The number of nitrogens with zero attached hydrogens (tertiary/aromatic N) is 4. The molecule has 1 atom stereocenters. The largest absolute Gasteiger partial charge is 0.373 e. The number of hydrogen-bond donors (Lipinski definition) is 1. The molecule has 6 nitrogen and oxygen atoms in total. The van der Waals surface area contributed by atoms with Crippen LogP contribution in [0, 0.1) is 5.82 Å². The van der Waals surface area contributed by atoms with Crippen molar-refractivity contribution in [1.82, 2.24) is 19.9 Å². The van der Waals surface area contributed by atoms with Crippen molar-refractivity contribution in [2.24, 2.45) is 0 Å². The van der Waals surface area contributed by atoms with Gasteiger partial charge in [0.15, 0.2) is 5.82 Å². The van der Waals surface area contributed by atoms with Gasteiger partial charge in [-0.25, -0.2) is 14.4 Å². The summed E-state index contributed by atoms with van der Waals surface area (Å²) in [4.78, 5) is 28.1. The Morgan fingerprint density at radius 3 is 2.67 bits per heavy atom. The summed E-state index contributed by atoms with van der Waals surface area (Å²) in [5.41, 5.74) is 2.66. The minimum absolute atomic E-state index is 0.0589. The predicted octanol–water partition coefficient (Wildman–Crippen LogP) is 3.67. The second kappa shape index (κ2) is 8.98. The van der Waals surface area contributed by atoms with Crippen LogP contribution >= 0.6 is 0 Å². The second-order valence-corrected chi connectivity index (χ2v) is 7.47. The van der Waals surface area contributed by atoms with Crippen molar-refractivity contribution >= 4 is 11.7 Å². The van der Waals surface area contributed by atoms with E-state index < -0.39 is 0 Å². The zero-order valence-electron chi connectivity index (χ0n) is 16.9. The Kier molecular flexibility index (Phi) is 5.97. The van der Waals surface area contributed by atoms with Gasteiger partial charge in [-0.1, -0.05) is 12.1 Å². The van der Waals surface area contributed by atoms with Gasteiger partial charge in [0.05, 0.1) is 12.1 Å². The number of benzene rings is 1. The van der Waals surface area contributed by atoms with E-state index in [0.717, 1.165) is 42.0 Å². The standard InChI is InChI=1S/C23H24FN5O/c1-25-21-14-20(27-23(28-21)17-8-10-26-11-9-17)18-3-2-12-29(15-18)22(30)13-16-4-6-19(24)7-5-16/h4-11,14,18H,2-3,12-13,15H2,1H3,(H,25,27,28). The summed E-state index contributed by atoms with van der Waals surface area (Å²) >= 11 is 0. The highest BCUT2D eigenvalue weighted by Gasteiger charge is 2.26. The zero-order chi connectivity index (χ0) is 20.9. The maximum absolute atomic E-state index is 13.1. The number of hydrogen-bond acceptors (Lipinski definition) is 5. The van der Waals surface area contributed by atoms with Gasteiger partial charge in [0.25, 0.3) is 0 Å². The summed E-state index contributed by atoms with van der Waals surface area (Å²) in [7, 11) is 1.84. The van der Waals surface area contributed by atoms with Crippen molar-refractivity contribution in [3.05, 3.63) is 71.9 Å². The highest BCUT2D eigenvalue weighted by atomic mass is 19.1. The molecule has 1 amide bonds. The van der Waals surface area contributed by atoms with E-state index in [1.807, 2.05) is 30.1 Å². The van der Waals surface area contributed by atoms with Gasteiger partial charge in [-0.05, 0) is 42.7 Å². The Hall–Kier alpha value is -3.35. The van der Waals surface area contributed by atoms with E-state index in [4.69, 9.17) is 4.98 Å². The molecule has 2 aromatic heterocycles. The Bertz CT molecular complexity index is 1010. The van der Waals surface area contributed by atoms with E-state index in [1.54, 1.807) is 24.5 Å². The van der Waals surface area contributed by atoms with Crippen LogP contribution in [0.2, 0.25) is 0 Å². The summed E-state index contributed by atoms with van der Waals surface area (Å²) in [6.45, 7) is 1.35. The number of pyridine rings is 1. The van der Waals surface area contributed by atoms with Gasteiger partial charge < -0.3 is 10.2 Å². The third-order valence-corrected chi connectivity index (χ3v) is 5.40. The summed E-state index contributed by atoms with van der Waals surface area (Å²) in [5, 5.41) is 3.11. The van der Waals surface area contributed by atoms with Crippen molar-refractivity contribution in [2.45, 2.75) is 25.2 Å². The number of nitrogens with one attached hydrogen (secondary N) is 1. The molecule has 0 radical (unpaired) electrons. The molecular formula is C23H24FN5O. The van der Waals surface area contributed by atoms with Crippen molar-refractivity contribution in [3.8, 4) is 11.4 Å². The number of carbonyl (C=O) groups is 1. The van der Waals surface area contributed by atoms with Crippen LogP contribution in [0.5, 0.6) is 0 Å². The van der Waals surface area contributed by atoms with Crippen molar-refractivity contribution < 1.29 is 9.18 Å². The number of carbonyl (C=O) groups excluding carboxylic acids is 1. The zero-order valence-corrected chi connectivity index (χ0v) is 16.9. The Labute approximate surface area is 175 Å². The molecule has 154 valence electrons. The van der Waals surface area contributed by atoms with E-state index in [1.165, 1.54) is 12.1 Å². The maximum atomic E-state index is 13.1. The average molecular weight is 405 g/mol. The van der Waals surface area contributed by atoms with E-state index in [9.17, 15) is 9.18 Å². The number of piperidine rings is 1. The lowest BCUT2D eigenvalue weighted by Crippen LogP contribution is -2.40. The summed E-state index contributed by atoms with van der Waals surface area (Å²) in [5.74, 6) is 1.31. The topological polar surface area (TPSA) is 71.0 Å². The molecule has 1 saturated heterocycles. The first kappa shape index (κ1) is 19.9. The number of likely N-dealkylation sites (tertiary alicyclic amines) is 1. The molecule has 0 spiro atoms. The van der Waals surface area contributed by atoms with E-state index in [2.05, 4.69) is 15.3 Å². The van der Waals surface area contributed by atoms with Gasteiger partial charge in [0, 0.05) is 50.1 Å². The smallest absolute Gasteiger partial charge is 0.227 e. The van der Waals surface area contributed by atoms with Gasteiger partial charge >= 0.3 is 0 Å². The summed E-state index contributed by atoms with van der Waals surface area (Å²) in [6.07, 6.45) is 5.61. The molecule has 0 aliphatic carbocycles. The number of halogens is 1. The monoisotopic (exact) mass is 405 g/mol. The summed E-state index contributed by atoms with van der Waals surface area (Å²) < 4.78 is 13.1. The van der Waals surface area contributed by atoms with Crippen LogP contribution in [0.4, 0.5) is 10.2 Å². The van der Waals surface area contributed by atoms with Crippen molar-refractivity contribution in [2.75, 3.05) is 25.5 Å². The normalized spacial score (nSPS) is 16.3. The second-order valence-electron chi connectivity index (χ2n) is 7.47. The minimum Gasteiger partial charge on any atom is -0.373 e. The molecule has 3 heterocycles. The molecule has 30 heavy (non-hydrogen) atoms. The van der Waals surface area contributed by atoms with Crippen LogP contribution in [-0.4, -0.2) is 45.9 Å². The fourth-order valence-corrected chi connectivity index (χ4v) is 3.77. The van der Waals surface area contributed by atoms with Crippen LogP contribution in [0.1, 0.15) is 30.0 Å². The average Bonchev–Trinajstić information content (AvgIpc) is 2.81. The van der Waals surface area contributed by atoms with Crippen LogP contribution in [0.25, 0.3) is 11.4 Å². The van der Waals surface area contributed by atoms with Crippen LogP contribution < -0.4 is 5.32 Å². The number of anilines is 1. The van der Waals surface area contributed by atoms with E-state index >= 15 is 0 Å². The fraction of sp³-hybridized carbons (Fsp3) is 0.304. The number of rotatable bonds is 5. The summed E-state index contributed by atoms with van der Waals surface area (Å²) in [6, 6.07) is 11.8. The van der Waals surface area contributed by atoms with Crippen molar-refractivity contribution in [1.29, 1.82) is 0 Å². The molecule has 1 aliphatic rings. The molecule has 1 fully saturated rings. The molecule has 0 bridgehead atoms. The number of aromatic nitrogens is 3. The molecule has 1 aliphatic heterocycles. The Morgan fingerprint density at radius 1 is 1.17 bits per heavy atom. The van der Waals surface area contributed by atoms with Crippen LogP contribution in [0.15, 0.2) is 54.9 Å². The lowest BCUT2D eigenvalue weighted by molar-refractivity contribution is -0.131. The first-order valence-electron chi connectivity index (χ1n) is 10.1. The Balaban J connectivity index is 1.52. The molecule has 1 N–H and O–H groups in total. The molecule has 7 heteroatoms. The number of amides is 1. The van der Waals surface area contributed by atoms with E-state index in [-0.39, 0.29) is 24.1 Å². The highest BCUT2D eigenvalue weighted by Crippen LogP contribution is 2.29. The lowest BCUT2D eigenvalue weighted by atomic mass is 9.93. The maximum Gasteiger partial charge on any atom is 0.227 e. The van der Waals surface area contributed by atoms with Crippen LogP contribution in [0.3, 0.4) is 0 Å². The molecule has 1 aromatic carbocycles. The van der Waals surface area contributed by atoms with Gasteiger partial charge in [0.1, 0.15) is 11.6 Å². The third-order valence-electron chi connectivity index (χ3n) is 5.40. The minimum atomic E-state index is -0.293. The lowest BCUT2D eigenvalue weighted by Gasteiger charge is -2.33. The quantitative estimate of drug-likeness (QED) is 0.701. The molecule has 1 unspecified atom stereocenters. The van der Waals surface area contributed by atoms with Gasteiger partial charge in [-0.2, -0.15) is 0 Å². The van der Waals surface area contributed by atoms with Crippen molar-refractivity contribution in [3.63, 3.8) is 0 Å². The Morgan fingerprint density at radius 2 is 1.93 bits per heavy atom. The first-order chi connectivity index (χ1) is 14.6. The fourth-order valence-electron chi connectivity index (χ4n) is 3.77. The first-order valence-corrected chi connectivity index (χ1v) is 10.1. The van der Waals surface area contributed by atoms with E-state index in [0.29, 0.717) is 12.4 Å². The van der Waals surface area contributed by atoms with Crippen LogP contribution in [-0.2, 0) is 11.2 Å². The molecule has 0 saturated carbocycles. The third kappa shape index (κ3) is 4.62. The molecular weight excluding hydrogens is 381 g/mol. The predicted molar refractivity (Wildman–Crippen MR) is 113 cm³/mol. The molecule has 4 rings (SSSR count). The molecule has 3 aromatic rings. The SMILES string of the molecule is CNc1cc(C2CCCN(C(=O)Cc3ccc(F)cc3)C2)nc(-c2ccncc2)n1. The van der Waals surface area contributed by atoms with Gasteiger partial charge in [-0.3, -0.25) is 9.78 Å².